The quantitative estimate of drug-likeness (QED) is 0.384. The van der Waals surface area contributed by atoms with Gasteiger partial charge in [-0.3, -0.25) is 9.67 Å². The molecule has 1 aliphatic carbocycles. The molecule has 2 N–H and O–H groups in total. The Kier molecular flexibility index (Phi) is 8.36. The predicted octanol–water partition coefficient (Wildman–Crippen LogP) is 2.32. The molecule has 0 amide bonds. The van der Waals surface area contributed by atoms with E-state index in [1.54, 1.807) is 0 Å². The minimum atomic E-state index is -0.254. The summed E-state index contributed by atoms with van der Waals surface area (Å²) in [6.45, 7) is 7.99. The molecule has 1 saturated heterocycles. The minimum Gasteiger partial charge on any atom is -0.392 e. The molecule has 1 aromatic heterocycles. The Morgan fingerprint density at radius 1 is 1.48 bits per heavy atom. The number of morpholine rings is 1. The van der Waals surface area contributed by atoms with Gasteiger partial charge in [0.25, 0.3) is 0 Å². The molecule has 154 valence electrons. The third-order valence-corrected chi connectivity index (χ3v) is 5.67. The van der Waals surface area contributed by atoms with E-state index < -0.39 is 0 Å². The van der Waals surface area contributed by atoms with E-state index in [9.17, 15) is 5.11 Å². The molecule has 2 aliphatic rings. The van der Waals surface area contributed by atoms with Gasteiger partial charge in [-0.05, 0) is 19.8 Å². The second kappa shape index (κ2) is 10.1. The number of aliphatic hydroxyl groups is 1. The Labute approximate surface area is 179 Å². The number of halogens is 1. The maximum absolute atomic E-state index is 10.4. The lowest BCUT2D eigenvalue weighted by atomic mass is 9.73. The van der Waals surface area contributed by atoms with E-state index in [1.165, 1.54) is 6.42 Å². The van der Waals surface area contributed by atoms with Crippen molar-refractivity contribution in [2.24, 2.45) is 17.5 Å². The lowest BCUT2D eigenvalue weighted by Crippen LogP contribution is -2.49. The van der Waals surface area contributed by atoms with Crippen LogP contribution in [0.15, 0.2) is 17.4 Å². The fraction of sp³-hybridized carbons (Fsp3) is 0.789. The molecule has 2 heterocycles. The van der Waals surface area contributed by atoms with Gasteiger partial charge in [-0.25, -0.2) is 0 Å². The zero-order valence-corrected chi connectivity index (χ0v) is 19.1. The van der Waals surface area contributed by atoms with Crippen molar-refractivity contribution in [2.45, 2.75) is 51.7 Å². The summed E-state index contributed by atoms with van der Waals surface area (Å²) in [5.41, 5.74) is 0.983. The van der Waals surface area contributed by atoms with Gasteiger partial charge in [0, 0.05) is 37.3 Å². The molecular formula is C19H34IN5O2. The van der Waals surface area contributed by atoms with Gasteiger partial charge in [-0.1, -0.05) is 19.8 Å². The summed E-state index contributed by atoms with van der Waals surface area (Å²) in [6.07, 6.45) is 7.88. The van der Waals surface area contributed by atoms with Crippen LogP contribution in [0.4, 0.5) is 0 Å². The summed E-state index contributed by atoms with van der Waals surface area (Å²) < 4.78 is 7.76. The highest BCUT2D eigenvalue weighted by molar-refractivity contribution is 14.0. The van der Waals surface area contributed by atoms with Crippen LogP contribution >= 0.6 is 24.0 Å². The van der Waals surface area contributed by atoms with Crippen LogP contribution in [-0.4, -0.2) is 64.6 Å². The molecule has 3 rings (SSSR count). The van der Waals surface area contributed by atoms with E-state index >= 15 is 0 Å². The van der Waals surface area contributed by atoms with E-state index in [4.69, 9.17) is 9.73 Å². The Morgan fingerprint density at radius 3 is 2.96 bits per heavy atom. The van der Waals surface area contributed by atoms with Crippen molar-refractivity contribution in [1.29, 1.82) is 0 Å². The van der Waals surface area contributed by atoms with Crippen molar-refractivity contribution in [3.8, 4) is 0 Å². The van der Waals surface area contributed by atoms with Gasteiger partial charge in [0.1, 0.15) is 6.10 Å². The molecular weight excluding hydrogens is 457 g/mol. The molecule has 27 heavy (non-hydrogen) atoms. The topological polar surface area (TPSA) is 74.9 Å². The second-order valence-electron chi connectivity index (χ2n) is 7.84. The number of ether oxygens (including phenoxy) is 1. The van der Waals surface area contributed by atoms with Crippen molar-refractivity contribution in [2.75, 3.05) is 32.8 Å². The Morgan fingerprint density at radius 2 is 2.30 bits per heavy atom. The molecule has 0 bridgehead atoms. The van der Waals surface area contributed by atoms with E-state index in [-0.39, 0.29) is 41.6 Å². The van der Waals surface area contributed by atoms with Crippen LogP contribution in [0.5, 0.6) is 0 Å². The molecule has 0 spiro atoms. The number of aryl methyl sites for hydroxylation is 1. The average Bonchev–Trinajstić information content (AvgIpc) is 3.08. The van der Waals surface area contributed by atoms with Crippen LogP contribution in [-0.2, 0) is 11.8 Å². The molecule has 8 heteroatoms. The number of aromatic nitrogens is 2. The van der Waals surface area contributed by atoms with Crippen LogP contribution in [0.25, 0.3) is 0 Å². The average molecular weight is 491 g/mol. The highest BCUT2D eigenvalue weighted by Crippen LogP contribution is 2.36. The van der Waals surface area contributed by atoms with Gasteiger partial charge >= 0.3 is 0 Å². The maximum atomic E-state index is 10.4. The number of aliphatic hydroxyl groups excluding tert-OH is 1. The number of nitrogens with zero attached hydrogens (tertiary/aromatic N) is 4. The number of hydrogen-bond acceptors (Lipinski definition) is 4. The first-order valence-electron chi connectivity index (χ1n) is 9.83. The summed E-state index contributed by atoms with van der Waals surface area (Å²) in [7, 11) is 1.92. The Balaban J connectivity index is 0.00000261. The molecule has 1 aliphatic heterocycles. The van der Waals surface area contributed by atoms with E-state index in [2.05, 4.69) is 29.2 Å². The van der Waals surface area contributed by atoms with Crippen molar-refractivity contribution in [1.82, 2.24) is 20.0 Å². The van der Waals surface area contributed by atoms with Crippen LogP contribution in [0.2, 0.25) is 0 Å². The predicted molar refractivity (Wildman–Crippen MR) is 117 cm³/mol. The zero-order chi connectivity index (χ0) is 18.6. The fourth-order valence-corrected chi connectivity index (χ4v) is 3.90. The number of nitrogens with one attached hydrogen (secondary N) is 1. The van der Waals surface area contributed by atoms with Crippen LogP contribution in [0, 0.1) is 5.41 Å². The minimum absolute atomic E-state index is 0. The zero-order valence-electron chi connectivity index (χ0n) is 16.7. The molecule has 1 aromatic rings. The molecule has 3 atom stereocenters. The van der Waals surface area contributed by atoms with Crippen molar-refractivity contribution >= 4 is 29.9 Å². The van der Waals surface area contributed by atoms with E-state index in [0.29, 0.717) is 13.2 Å². The normalized spacial score (nSPS) is 29.3. The third kappa shape index (κ3) is 5.57. The van der Waals surface area contributed by atoms with Crippen molar-refractivity contribution in [3.05, 3.63) is 18.0 Å². The van der Waals surface area contributed by atoms with Crippen molar-refractivity contribution in [3.63, 3.8) is 0 Å². The van der Waals surface area contributed by atoms with Crippen molar-refractivity contribution < 1.29 is 9.84 Å². The lowest BCUT2D eigenvalue weighted by Gasteiger charge is -2.38. The first kappa shape index (κ1) is 22.4. The smallest absolute Gasteiger partial charge is 0.194 e. The van der Waals surface area contributed by atoms with Crippen LogP contribution in [0.3, 0.4) is 0 Å². The maximum Gasteiger partial charge on any atom is 0.194 e. The fourth-order valence-electron chi connectivity index (χ4n) is 3.90. The molecule has 0 aromatic carbocycles. The molecule has 3 unspecified atom stereocenters. The van der Waals surface area contributed by atoms with Gasteiger partial charge in [-0.2, -0.15) is 5.10 Å². The largest absolute Gasteiger partial charge is 0.392 e. The van der Waals surface area contributed by atoms with Gasteiger partial charge in [-0.15, -0.1) is 24.0 Å². The summed E-state index contributed by atoms with van der Waals surface area (Å²) in [5, 5.41) is 18.1. The third-order valence-electron chi connectivity index (χ3n) is 5.67. The number of rotatable bonds is 4. The highest BCUT2D eigenvalue weighted by atomic mass is 127. The lowest BCUT2D eigenvalue weighted by molar-refractivity contribution is -0.00904. The van der Waals surface area contributed by atoms with Gasteiger partial charge in [0.15, 0.2) is 5.96 Å². The standard InChI is InChI=1S/C19H33N5O2.HI/c1-4-20-18(21-14-19(2)8-6-5-7-17(19)25)24-9-10-26-16(13-24)15-11-22-23(3)12-15;/h11-12,16-17,25H,4-10,13-14H2,1-3H3,(H,20,21);1H. The number of guanidine groups is 1. The van der Waals surface area contributed by atoms with Gasteiger partial charge in [0.2, 0.25) is 0 Å². The summed E-state index contributed by atoms with van der Waals surface area (Å²) in [5.74, 6) is 0.920. The first-order chi connectivity index (χ1) is 12.5. The second-order valence-corrected chi connectivity index (χ2v) is 7.84. The number of aliphatic imine (C=N–C) groups is 1. The Hall–Kier alpha value is -0.870. The Bertz CT molecular complexity index is 623. The summed E-state index contributed by atoms with van der Waals surface area (Å²) in [4.78, 5) is 7.18. The number of hydrogen-bond donors (Lipinski definition) is 2. The summed E-state index contributed by atoms with van der Waals surface area (Å²) in [6, 6.07) is 0. The molecule has 1 saturated carbocycles. The van der Waals surface area contributed by atoms with Crippen LogP contribution in [0.1, 0.15) is 51.2 Å². The SMILES string of the molecule is CCNC(=NCC1(C)CCCCC1O)N1CCOC(c2cnn(C)c2)C1.I. The first-order valence-corrected chi connectivity index (χ1v) is 9.83. The molecule has 7 nitrogen and oxygen atoms in total. The van der Waals surface area contributed by atoms with E-state index in [0.717, 1.165) is 50.4 Å². The van der Waals surface area contributed by atoms with Gasteiger partial charge < -0.3 is 20.1 Å². The van der Waals surface area contributed by atoms with Gasteiger partial charge in [0.05, 0.1) is 32.0 Å². The van der Waals surface area contributed by atoms with E-state index in [1.807, 2.05) is 24.1 Å². The highest BCUT2D eigenvalue weighted by Gasteiger charge is 2.35. The van der Waals surface area contributed by atoms with Crippen LogP contribution < -0.4 is 5.32 Å². The molecule has 0 radical (unpaired) electrons. The molecule has 2 fully saturated rings. The monoisotopic (exact) mass is 491 g/mol. The summed E-state index contributed by atoms with van der Waals surface area (Å²) >= 11 is 0.